The van der Waals surface area contributed by atoms with Crippen LogP contribution in [0.2, 0.25) is 18.1 Å². The Bertz CT molecular complexity index is 673. The fourth-order valence-electron chi connectivity index (χ4n) is 2.39. The molecule has 0 saturated carbocycles. The summed E-state index contributed by atoms with van der Waals surface area (Å²) in [7, 11) is -0.720. The lowest BCUT2D eigenvalue weighted by Crippen LogP contribution is -2.49. The number of carbonyl (C=O) groups is 2. The average molecular weight is 410 g/mol. The van der Waals surface area contributed by atoms with Gasteiger partial charge in [0.2, 0.25) is 0 Å². The summed E-state index contributed by atoms with van der Waals surface area (Å²) in [5.41, 5.74) is 0.891. The number of epoxide rings is 1. The third kappa shape index (κ3) is 6.05. The number of benzene rings is 1. The molecule has 156 valence electrons. The van der Waals surface area contributed by atoms with Crippen LogP contribution in [0.5, 0.6) is 0 Å². The van der Waals surface area contributed by atoms with Crippen LogP contribution in [0.4, 0.5) is 4.79 Å². The monoisotopic (exact) mass is 409 g/mol. The number of rotatable bonds is 8. The topological polar surface area (TPSA) is 86.4 Å². The quantitative estimate of drug-likeness (QED) is 0.403. The van der Waals surface area contributed by atoms with Gasteiger partial charge in [0.1, 0.15) is 12.7 Å². The zero-order chi connectivity index (χ0) is 20.9. The zero-order valence-corrected chi connectivity index (χ0v) is 18.5. The van der Waals surface area contributed by atoms with E-state index in [1.54, 1.807) is 0 Å². The third-order valence-electron chi connectivity index (χ3n) is 5.30. The molecule has 1 amide bonds. The molecule has 0 bridgehead atoms. The summed E-state index contributed by atoms with van der Waals surface area (Å²) >= 11 is 0. The van der Waals surface area contributed by atoms with Crippen LogP contribution in [0.25, 0.3) is 0 Å². The van der Waals surface area contributed by atoms with E-state index in [2.05, 4.69) is 39.2 Å². The second-order valence-electron chi connectivity index (χ2n) is 8.43. The minimum atomic E-state index is -2.03. The van der Waals surface area contributed by atoms with Crippen LogP contribution in [0, 0.1) is 0 Å². The molecule has 7 nitrogen and oxygen atoms in total. The molecule has 2 rings (SSSR count). The Hall–Kier alpha value is -1.90. The maximum atomic E-state index is 12.3. The van der Waals surface area contributed by atoms with E-state index < -0.39 is 38.6 Å². The van der Waals surface area contributed by atoms with Gasteiger partial charge in [0.05, 0.1) is 19.8 Å². The van der Waals surface area contributed by atoms with Crippen molar-refractivity contribution in [2.24, 2.45) is 0 Å². The number of methoxy groups -OCH3 is 1. The largest absolute Gasteiger partial charge is 0.467 e. The SMILES string of the molecule is COC(=O)[C@H]1O[C@@H]1[C@@H](CO[Si](C)(C)C(C)(C)C)NC(=O)OCc1ccccc1. The van der Waals surface area contributed by atoms with Gasteiger partial charge in [-0.3, -0.25) is 0 Å². The van der Waals surface area contributed by atoms with Gasteiger partial charge in [-0.05, 0) is 23.7 Å². The fourth-order valence-corrected chi connectivity index (χ4v) is 3.41. The molecule has 1 heterocycles. The highest BCUT2D eigenvalue weighted by molar-refractivity contribution is 6.74. The molecule has 1 aromatic carbocycles. The van der Waals surface area contributed by atoms with Gasteiger partial charge in [-0.15, -0.1) is 0 Å². The summed E-state index contributed by atoms with van der Waals surface area (Å²) in [6.45, 7) is 11.1. The molecule has 1 aliphatic heterocycles. The van der Waals surface area contributed by atoms with Gasteiger partial charge in [0, 0.05) is 0 Å². The molecular formula is C20H31NO6Si. The van der Waals surface area contributed by atoms with E-state index in [1.165, 1.54) is 7.11 Å². The van der Waals surface area contributed by atoms with E-state index in [9.17, 15) is 9.59 Å². The molecule has 1 fully saturated rings. The number of nitrogens with one attached hydrogen (secondary N) is 1. The number of ether oxygens (including phenoxy) is 3. The van der Waals surface area contributed by atoms with Crippen molar-refractivity contribution >= 4 is 20.4 Å². The smallest absolute Gasteiger partial charge is 0.407 e. The van der Waals surface area contributed by atoms with Gasteiger partial charge in [-0.2, -0.15) is 0 Å². The molecule has 1 aromatic rings. The number of carbonyl (C=O) groups excluding carboxylic acids is 2. The summed E-state index contributed by atoms with van der Waals surface area (Å²) in [6, 6.07) is 8.92. The maximum Gasteiger partial charge on any atom is 0.407 e. The molecule has 3 atom stereocenters. The summed E-state index contributed by atoms with van der Waals surface area (Å²) < 4.78 is 21.7. The van der Waals surface area contributed by atoms with Crippen LogP contribution in [-0.4, -0.2) is 52.3 Å². The summed E-state index contributed by atoms with van der Waals surface area (Å²) in [6.07, 6.45) is -1.75. The van der Waals surface area contributed by atoms with Crippen molar-refractivity contribution in [1.29, 1.82) is 0 Å². The number of esters is 1. The Labute approximate surface area is 167 Å². The van der Waals surface area contributed by atoms with Gasteiger partial charge in [0.25, 0.3) is 0 Å². The van der Waals surface area contributed by atoms with E-state index in [4.69, 9.17) is 18.6 Å². The van der Waals surface area contributed by atoms with Gasteiger partial charge in [0.15, 0.2) is 14.4 Å². The molecule has 0 spiro atoms. The lowest BCUT2D eigenvalue weighted by molar-refractivity contribution is -0.142. The van der Waals surface area contributed by atoms with Crippen LogP contribution in [-0.2, 0) is 30.0 Å². The molecule has 28 heavy (non-hydrogen) atoms. The number of hydrogen-bond acceptors (Lipinski definition) is 6. The van der Waals surface area contributed by atoms with Gasteiger partial charge >= 0.3 is 12.1 Å². The molecule has 1 N–H and O–H groups in total. The Balaban J connectivity index is 1.96. The molecular weight excluding hydrogens is 378 g/mol. The Morgan fingerprint density at radius 3 is 2.43 bits per heavy atom. The number of amides is 1. The first-order chi connectivity index (χ1) is 13.0. The van der Waals surface area contributed by atoms with E-state index >= 15 is 0 Å². The van der Waals surface area contributed by atoms with Crippen molar-refractivity contribution in [2.75, 3.05) is 13.7 Å². The molecule has 0 radical (unpaired) electrons. The highest BCUT2D eigenvalue weighted by Crippen LogP contribution is 2.37. The predicted octanol–water partition coefficient (Wildman–Crippen LogP) is 3.24. The Morgan fingerprint density at radius 1 is 1.21 bits per heavy atom. The van der Waals surface area contributed by atoms with Gasteiger partial charge in [-0.25, -0.2) is 9.59 Å². The first kappa shape index (κ1) is 22.4. The van der Waals surface area contributed by atoms with Gasteiger partial charge in [-0.1, -0.05) is 51.1 Å². The normalized spacial score (nSPS) is 20.2. The maximum absolute atomic E-state index is 12.3. The van der Waals surface area contributed by atoms with Crippen LogP contribution in [0.3, 0.4) is 0 Å². The second-order valence-corrected chi connectivity index (χ2v) is 13.2. The van der Waals surface area contributed by atoms with Crippen LogP contribution < -0.4 is 5.32 Å². The minimum Gasteiger partial charge on any atom is -0.467 e. The van der Waals surface area contributed by atoms with Crippen LogP contribution >= 0.6 is 0 Å². The zero-order valence-electron chi connectivity index (χ0n) is 17.5. The molecule has 0 unspecified atom stereocenters. The molecule has 0 aromatic heterocycles. The van der Waals surface area contributed by atoms with Crippen molar-refractivity contribution in [3.05, 3.63) is 35.9 Å². The van der Waals surface area contributed by atoms with Crippen molar-refractivity contribution in [3.8, 4) is 0 Å². The summed E-state index contributed by atoms with van der Waals surface area (Å²) in [4.78, 5) is 24.0. The average Bonchev–Trinajstić information content (AvgIpc) is 3.43. The van der Waals surface area contributed by atoms with E-state index in [-0.39, 0.29) is 18.3 Å². The summed E-state index contributed by atoms with van der Waals surface area (Å²) in [5, 5.41) is 2.81. The second kappa shape index (κ2) is 9.06. The summed E-state index contributed by atoms with van der Waals surface area (Å²) in [5.74, 6) is -0.457. The van der Waals surface area contributed by atoms with Crippen molar-refractivity contribution in [3.63, 3.8) is 0 Å². The van der Waals surface area contributed by atoms with Crippen LogP contribution in [0.1, 0.15) is 26.3 Å². The molecule has 1 aliphatic rings. The van der Waals surface area contributed by atoms with Crippen molar-refractivity contribution < 1.29 is 28.2 Å². The predicted molar refractivity (Wildman–Crippen MR) is 107 cm³/mol. The van der Waals surface area contributed by atoms with Crippen LogP contribution in [0.15, 0.2) is 30.3 Å². The standard InChI is InChI=1S/C20H31NO6Si/c1-20(2,3)28(5,6)26-13-15(16-17(27-16)18(22)24-4)21-19(23)25-12-14-10-8-7-9-11-14/h7-11,15-17H,12-13H2,1-6H3,(H,21,23)/t15-,16-,17+/m1/s1. The highest BCUT2D eigenvalue weighted by atomic mass is 28.4. The number of alkyl carbamates (subject to hydrolysis) is 1. The molecule has 1 saturated heterocycles. The Morgan fingerprint density at radius 2 is 1.86 bits per heavy atom. The minimum absolute atomic E-state index is 0.0253. The first-order valence-electron chi connectivity index (χ1n) is 9.39. The lowest BCUT2D eigenvalue weighted by Gasteiger charge is -2.37. The molecule has 0 aliphatic carbocycles. The highest BCUT2D eigenvalue weighted by Gasteiger charge is 2.52. The van der Waals surface area contributed by atoms with Crippen molar-refractivity contribution in [1.82, 2.24) is 5.32 Å². The first-order valence-corrected chi connectivity index (χ1v) is 12.3. The third-order valence-corrected chi connectivity index (χ3v) is 9.80. The van der Waals surface area contributed by atoms with Crippen molar-refractivity contribution in [2.45, 2.75) is 63.8 Å². The molecule has 8 heteroatoms. The van der Waals surface area contributed by atoms with Gasteiger partial charge < -0.3 is 24.0 Å². The van der Waals surface area contributed by atoms with E-state index in [1.807, 2.05) is 30.3 Å². The van der Waals surface area contributed by atoms with E-state index in [0.29, 0.717) is 0 Å². The number of hydrogen-bond donors (Lipinski definition) is 1. The van der Waals surface area contributed by atoms with E-state index in [0.717, 1.165) is 5.56 Å². The lowest BCUT2D eigenvalue weighted by atomic mass is 10.1. The Kier molecular flexibility index (Phi) is 7.25. The fraction of sp³-hybridized carbons (Fsp3) is 0.600.